The SMILES string of the molecule is COCC(C)(O)CNC(=O)C(=O)NC(C)(C)C. The Bertz CT molecular complexity index is 282. The van der Waals surface area contributed by atoms with Crippen LogP contribution < -0.4 is 10.6 Å². The molecule has 0 radical (unpaired) electrons. The van der Waals surface area contributed by atoms with E-state index in [-0.39, 0.29) is 13.2 Å². The predicted octanol–water partition coefficient (Wildman–Crippen LogP) is -0.585. The minimum atomic E-state index is -1.19. The summed E-state index contributed by atoms with van der Waals surface area (Å²) in [4.78, 5) is 22.8. The Kier molecular flexibility index (Phi) is 5.57. The Balaban J connectivity index is 4.15. The number of carbonyl (C=O) groups excluding carboxylic acids is 2. The van der Waals surface area contributed by atoms with E-state index in [4.69, 9.17) is 4.74 Å². The zero-order valence-electron chi connectivity index (χ0n) is 11.1. The van der Waals surface area contributed by atoms with Crippen molar-refractivity contribution in [1.29, 1.82) is 0 Å². The molecular formula is C11H22N2O4. The van der Waals surface area contributed by atoms with Crippen molar-refractivity contribution in [3.63, 3.8) is 0 Å². The van der Waals surface area contributed by atoms with Crippen LogP contribution in [0, 0.1) is 0 Å². The topological polar surface area (TPSA) is 87.7 Å². The molecule has 0 aromatic heterocycles. The molecule has 0 aliphatic rings. The second-order valence-electron chi connectivity index (χ2n) is 5.32. The quantitative estimate of drug-likeness (QED) is 0.579. The smallest absolute Gasteiger partial charge is 0.309 e. The first kappa shape index (κ1) is 15.9. The lowest BCUT2D eigenvalue weighted by Gasteiger charge is -2.23. The largest absolute Gasteiger partial charge is 0.386 e. The van der Waals surface area contributed by atoms with E-state index >= 15 is 0 Å². The van der Waals surface area contributed by atoms with Gasteiger partial charge in [-0.3, -0.25) is 9.59 Å². The highest BCUT2D eigenvalue weighted by Crippen LogP contribution is 2.01. The maximum Gasteiger partial charge on any atom is 0.309 e. The fraction of sp³-hybridized carbons (Fsp3) is 0.818. The summed E-state index contributed by atoms with van der Waals surface area (Å²) in [6.07, 6.45) is 0. The molecule has 0 bridgehead atoms. The number of carbonyl (C=O) groups is 2. The molecule has 1 atom stereocenters. The van der Waals surface area contributed by atoms with Gasteiger partial charge in [0, 0.05) is 19.2 Å². The molecule has 0 saturated heterocycles. The molecule has 6 nitrogen and oxygen atoms in total. The standard InChI is InChI=1S/C11H22N2O4/c1-10(2,3)13-9(15)8(14)12-6-11(4,16)7-17-5/h16H,6-7H2,1-5H3,(H,12,14)(H,13,15). The normalized spacial score (nSPS) is 14.9. The predicted molar refractivity (Wildman–Crippen MR) is 63.4 cm³/mol. The van der Waals surface area contributed by atoms with Gasteiger partial charge in [-0.25, -0.2) is 0 Å². The monoisotopic (exact) mass is 246 g/mol. The maximum absolute atomic E-state index is 11.4. The molecule has 6 heteroatoms. The minimum absolute atomic E-state index is 0.0444. The van der Waals surface area contributed by atoms with E-state index in [0.717, 1.165) is 0 Å². The summed E-state index contributed by atoms with van der Waals surface area (Å²) in [7, 11) is 1.45. The number of ether oxygens (including phenoxy) is 1. The molecule has 0 heterocycles. The molecule has 0 spiro atoms. The molecular weight excluding hydrogens is 224 g/mol. The highest BCUT2D eigenvalue weighted by atomic mass is 16.5. The van der Waals surface area contributed by atoms with E-state index in [1.165, 1.54) is 14.0 Å². The molecule has 0 aromatic rings. The van der Waals surface area contributed by atoms with Crippen LogP contribution in [-0.4, -0.2) is 48.3 Å². The van der Waals surface area contributed by atoms with Crippen LogP contribution in [0.1, 0.15) is 27.7 Å². The zero-order valence-corrected chi connectivity index (χ0v) is 11.1. The first-order valence-electron chi connectivity index (χ1n) is 5.39. The molecule has 0 rings (SSSR count). The third-order valence-corrected chi connectivity index (χ3v) is 1.78. The van der Waals surface area contributed by atoms with Gasteiger partial charge >= 0.3 is 11.8 Å². The van der Waals surface area contributed by atoms with Crippen molar-refractivity contribution in [2.75, 3.05) is 20.3 Å². The first-order valence-corrected chi connectivity index (χ1v) is 5.39. The van der Waals surface area contributed by atoms with Gasteiger partial charge in [-0.05, 0) is 27.7 Å². The van der Waals surface area contributed by atoms with E-state index in [1.54, 1.807) is 20.8 Å². The van der Waals surface area contributed by atoms with E-state index in [2.05, 4.69) is 10.6 Å². The summed E-state index contributed by atoms with van der Waals surface area (Å²) >= 11 is 0. The van der Waals surface area contributed by atoms with E-state index in [0.29, 0.717) is 0 Å². The number of nitrogens with one attached hydrogen (secondary N) is 2. The lowest BCUT2D eigenvalue weighted by atomic mass is 10.1. The molecule has 0 aliphatic carbocycles. The fourth-order valence-corrected chi connectivity index (χ4v) is 1.11. The van der Waals surface area contributed by atoms with Gasteiger partial charge < -0.3 is 20.5 Å². The van der Waals surface area contributed by atoms with Crippen LogP contribution in [0.3, 0.4) is 0 Å². The maximum atomic E-state index is 11.4. The third-order valence-electron chi connectivity index (χ3n) is 1.78. The summed E-state index contributed by atoms with van der Waals surface area (Å²) < 4.78 is 4.78. The summed E-state index contributed by atoms with van der Waals surface area (Å²) in [5.74, 6) is -1.48. The van der Waals surface area contributed by atoms with Gasteiger partial charge in [-0.2, -0.15) is 0 Å². The highest BCUT2D eigenvalue weighted by molar-refractivity contribution is 6.35. The number of hydrogen-bond acceptors (Lipinski definition) is 4. The zero-order chi connectivity index (χ0) is 13.7. The van der Waals surface area contributed by atoms with Gasteiger partial charge in [-0.15, -0.1) is 0 Å². The first-order chi connectivity index (χ1) is 7.57. The average Bonchev–Trinajstić information content (AvgIpc) is 2.11. The summed E-state index contributed by atoms with van der Waals surface area (Å²) in [5.41, 5.74) is -1.66. The number of aliphatic hydroxyl groups is 1. The number of methoxy groups -OCH3 is 1. The second-order valence-corrected chi connectivity index (χ2v) is 5.32. The average molecular weight is 246 g/mol. The number of hydrogen-bond donors (Lipinski definition) is 3. The minimum Gasteiger partial charge on any atom is -0.386 e. The number of amides is 2. The van der Waals surface area contributed by atoms with Gasteiger partial charge in [-0.1, -0.05) is 0 Å². The summed E-state index contributed by atoms with van der Waals surface area (Å²) in [6.45, 7) is 6.88. The molecule has 1 unspecified atom stereocenters. The second kappa shape index (κ2) is 5.97. The summed E-state index contributed by atoms with van der Waals surface area (Å²) in [5, 5.41) is 14.6. The lowest BCUT2D eigenvalue weighted by Crippen LogP contribution is -2.51. The molecule has 2 amide bonds. The Hall–Kier alpha value is -1.14. The van der Waals surface area contributed by atoms with Crippen molar-refractivity contribution in [2.24, 2.45) is 0 Å². The fourth-order valence-electron chi connectivity index (χ4n) is 1.11. The Morgan fingerprint density at radius 1 is 1.18 bits per heavy atom. The van der Waals surface area contributed by atoms with Crippen LogP contribution in [0.25, 0.3) is 0 Å². The highest BCUT2D eigenvalue weighted by Gasteiger charge is 2.24. The van der Waals surface area contributed by atoms with E-state index in [9.17, 15) is 14.7 Å². The lowest BCUT2D eigenvalue weighted by molar-refractivity contribution is -0.140. The van der Waals surface area contributed by atoms with Crippen LogP contribution in [0.2, 0.25) is 0 Å². The van der Waals surface area contributed by atoms with Crippen molar-refractivity contribution in [3.8, 4) is 0 Å². The van der Waals surface area contributed by atoms with Gasteiger partial charge in [0.15, 0.2) is 0 Å². The Morgan fingerprint density at radius 3 is 2.12 bits per heavy atom. The van der Waals surface area contributed by atoms with Gasteiger partial charge in [0.25, 0.3) is 0 Å². The van der Waals surface area contributed by atoms with Crippen LogP contribution in [-0.2, 0) is 14.3 Å². The van der Waals surface area contributed by atoms with Crippen molar-refractivity contribution in [2.45, 2.75) is 38.8 Å². The Labute approximate surface area is 102 Å². The molecule has 3 N–H and O–H groups in total. The van der Waals surface area contributed by atoms with Crippen molar-refractivity contribution in [3.05, 3.63) is 0 Å². The molecule has 0 fully saturated rings. The molecule has 0 aromatic carbocycles. The molecule has 0 saturated carbocycles. The molecule has 0 aliphatic heterocycles. The van der Waals surface area contributed by atoms with Crippen molar-refractivity contribution >= 4 is 11.8 Å². The molecule has 17 heavy (non-hydrogen) atoms. The van der Waals surface area contributed by atoms with Crippen molar-refractivity contribution < 1.29 is 19.4 Å². The third kappa shape index (κ3) is 7.70. The molecule has 100 valence electrons. The van der Waals surface area contributed by atoms with E-state index in [1.807, 2.05) is 0 Å². The van der Waals surface area contributed by atoms with E-state index < -0.39 is 23.0 Å². The van der Waals surface area contributed by atoms with Crippen LogP contribution in [0.15, 0.2) is 0 Å². The van der Waals surface area contributed by atoms with Gasteiger partial charge in [0.2, 0.25) is 0 Å². The van der Waals surface area contributed by atoms with Crippen LogP contribution >= 0.6 is 0 Å². The number of rotatable bonds is 4. The van der Waals surface area contributed by atoms with Crippen LogP contribution in [0.5, 0.6) is 0 Å². The van der Waals surface area contributed by atoms with Gasteiger partial charge in [0.1, 0.15) is 5.60 Å². The van der Waals surface area contributed by atoms with Gasteiger partial charge in [0.05, 0.1) is 6.61 Å². The van der Waals surface area contributed by atoms with Crippen molar-refractivity contribution in [1.82, 2.24) is 10.6 Å². The summed E-state index contributed by atoms with van der Waals surface area (Å²) in [6, 6.07) is 0. The van der Waals surface area contributed by atoms with Crippen LogP contribution in [0.4, 0.5) is 0 Å². The Morgan fingerprint density at radius 2 is 1.71 bits per heavy atom.